The summed E-state index contributed by atoms with van der Waals surface area (Å²) in [5, 5.41) is 2.87. The van der Waals surface area contributed by atoms with Crippen LogP contribution in [0.1, 0.15) is 0 Å². The Morgan fingerprint density at radius 1 is 0.290 bits per heavy atom. The van der Waals surface area contributed by atoms with Crippen LogP contribution in [0.25, 0.3) is 123 Å². The van der Waals surface area contributed by atoms with Gasteiger partial charge in [0.1, 0.15) is 28.0 Å². The molecule has 62 heavy (non-hydrogen) atoms. The maximum absolute atomic E-state index is 6.74. The molecule has 0 saturated heterocycles. The number of furan rings is 2. The predicted octanol–water partition coefficient (Wildman–Crippen LogP) is 14.1. The molecule has 0 atom stereocenters. The molecule has 0 aliphatic rings. The van der Waals surface area contributed by atoms with Crippen LogP contribution in [-0.2, 0) is 0 Å². The van der Waals surface area contributed by atoms with E-state index in [4.69, 9.17) is 33.8 Å². The first-order chi connectivity index (χ1) is 30.7. The standard InChI is InChI=1S/C55H33N5O2/c1-4-15-34(16-5-1)39-21-12-22-40(33-39)54-56-48(51-49(57-54)42-23-10-11-27-45(42)61-51)36-31-29-35(30-32-36)41-24-13-25-43-47-44(26-14-28-46(47)62-50(41)43)55-59-52(37-17-6-2-7-18-37)58-53(60-55)38-19-8-3-9-20-38/h1-33H. The van der Waals surface area contributed by atoms with Crippen molar-refractivity contribution in [1.29, 1.82) is 0 Å². The van der Waals surface area contributed by atoms with Crippen LogP contribution >= 0.6 is 0 Å². The molecule has 0 N–H and O–H groups in total. The monoisotopic (exact) mass is 795 g/mol. The normalized spacial score (nSPS) is 11.5. The molecule has 0 unspecified atom stereocenters. The summed E-state index contributed by atoms with van der Waals surface area (Å²) in [4.78, 5) is 25.3. The Kier molecular flexibility index (Phi) is 8.35. The zero-order valence-corrected chi connectivity index (χ0v) is 33.1. The lowest BCUT2D eigenvalue weighted by Crippen LogP contribution is -2.00. The van der Waals surface area contributed by atoms with E-state index in [0.29, 0.717) is 28.9 Å². The minimum atomic E-state index is 0.577. The second kappa shape index (κ2) is 14.6. The zero-order valence-electron chi connectivity index (χ0n) is 33.1. The van der Waals surface area contributed by atoms with Gasteiger partial charge in [-0.15, -0.1) is 0 Å². The van der Waals surface area contributed by atoms with Gasteiger partial charge < -0.3 is 8.83 Å². The number of para-hydroxylation sites is 2. The van der Waals surface area contributed by atoms with Gasteiger partial charge in [-0.2, -0.15) is 0 Å². The molecular formula is C55H33N5O2. The molecular weight excluding hydrogens is 763 g/mol. The zero-order chi connectivity index (χ0) is 41.0. The van der Waals surface area contributed by atoms with E-state index in [1.807, 2.05) is 97.1 Å². The molecule has 0 bridgehead atoms. The lowest BCUT2D eigenvalue weighted by Gasteiger charge is -2.09. The summed E-state index contributed by atoms with van der Waals surface area (Å²) in [6.07, 6.45) is 0. The summed E-state index contributed by atoms with van der Waals surface area (Å²) in [5.74, 6) is 2.43. The Balaban J connectivity index is 0.972. The van der Waals surface area contributed by atoms with E-state index < -0.39 is 0 Å². The fourth-order valence-electron chi connectivity index (χ4n) is 8.38. The number of benzene rings is 8. The summed E-state index contributed by atoms with van der Waals surface area (Å²) in [5.41, 5.74) is 13.2. The number of fused-ring (bicyclic) bond motifs is 6. The van der Waals surface area contributed by atoms with Gasteiger partial charge in [-0.3, -0.25) is 0 Å². The first kappa shape index (κ1) is 35.4. The van der Waals surface area contributed by atoms with Gasteiger partial charge in [0.15, 0.2) is 28.9 Å². The third-order valence-electron chi connectivity index (χ3n) is 11.4. The summed E-state index contributed by atoms with van der Waals surface area (Å²) in [6, 6.07) is 67.6. The Labute approximate surface area is 355 Å². The van der Waals surface area contributed by atoms with Gasteiger partial charge in [0.2, 0.25) is 0 Å². The molecule has 0 aliphatic heterocycles. The third-order valence-corrected chi connectivity index (χ3v) is 11.4. The molecule has 0 spiro atoms. The van der Waals surface area contributed by atoms with Crippen LogP contribution in [0.2, 0.25) is 0 Å². The molecule has 0 amide bonds. The van der Waals surface area contributed by atoms with Gasteiger partial charge in [0, 0.05) is 49.5 Å². The molecule has 7 heteroatoms. The lowest BCUT2D eigenvalue weighted by atomic mass is 9.98. The van der Waals surface area contributed by atoms with E-state index in [0.717, 1.165) is 94.2 Å². The Morgan fingerprint density at radius 2 is 0.806 bits per heavy atom. The minimum Gasteiger partial charge on any atom is -0.455 e. The number of rotatable bonds is 7. The molecule has 12 aromatic rings. The van der Waals surface area contributed by atoms with E-state index >= 15 is 0 Å². The van der Waals surface area contributed by atoms with E-state index in [1.54, 1.807) is 0 Å². The van der Waals surface area contributed by atoms with Crippen molar-refractivity contribution in [2.24, 2.45) is 0 Å². The Bertz CT molecular complexity index is 3560. The molecule has 290 valence electrons. The quantitative estimate of drug-likeness (QED) is 0.159. The molecule has 12 rings (SSSR count). The molecule has 0 radical (unpaired) electrons. The minimum absolute atomic E-state index is 0.577. The van der Waals surface area contributed by atoms with Gasteiger partial charge >= 0.3 is 0 Å². The summed E-state index contributed by atoms with van der Waals surface area (Å²) in [7, 11) is 0. The van der Waals surface area contributed by atoms with Crippen molar-refractivity contribution in [1.82, 2.24) is 24.9 Å². The number of nitrogens with zero attached hydrogens (tertiary/aromatic N) is 5. The number of hydrogen-bond acceptors (Lipinski definition) is 7. The van der Waals surface area contributed by atoms with E-state index in [2.05, 4.69) is 103 Å². The summed E-state index contributed by atoms with van der Waals surface area (Å²) >= 11 is 0. The van der Waals surface area contributed by atoms with Crippen molar-refractivity contribution in [3.63, 3.8) is 0 Å². The van der Waals surface area contributed by atoms with Crippen molar-refractivity contribution in [2.45, 2.75) is 0 Å². The van der Waals surface area contributed by atoms with Crippen LogP contribution < -0.4 is 0 Å². The van der Waals surface area contributed by atoms with Crippen molar-refractivity contribution < 1.29 is 8.83 Å². The van der Waals surface area contributed by atoms with E-state index in [9.17, 15) is 0 Å². The maximum atomic E-state index is 6.74. The van der Waals surface area contributed by atoms with E-state index in [-0.39, 0.29) is 0 Å². The molecule has 4 heterocycles. The number of hydrogen-bond donors (Lipinski definition) is 0. The van der Waals surface area contributed by atoms with Gasteiger partial charge in [-0.25, -0.2) is 24.9 Å². The molecule has 7 nitrogen and oxygen atoms in total. The predicted molar refractivity (Wildman–Crippen MR) is 248 cm³/mol. The highest BCUT2D eigenvalue weighted by atomic mass is 16.3. The van der Waals surface area contributed by atoms with Crippen LogP contribution in [0.4, 0.5) is 0 Å². The van der Waals surface area contributed by atoms with E-state index in [1.165, 1.54) is 0 Å². The highest BCUT2D eigenvalue weighted by molar-refractivity contribution is 6.15. The Hall–Kier alpha value is -8.55. The van der Waals surface area contributed by atoms with Crippen molar-refractivity contribution in [2.75, 3.05) is 0 Å². The molecule has 8 aromatic carbocycles. The second-order valence-electron chi connectivity index (χ2n) is 15.2. The molecule has 0 aliphatic carbocycles. The van der Waals surface area contributed by atoms with Gasteiger partial charge in [0.05, 0.1) is 0 Å². The highest BCUT2D eigenvalue weighted by Gasteiger charge is 2.21. The largest absolute Gasteiger partial charge is 0.455 e. The van der Waals surface area contributed by atoms with Crippen LogP contribution in [0.5, 0.6) is 0 Å². The number of aromatic nitrogens is 5. The second-order valence-corrected chi connectivity index (χ2v) is 15.2. The van der Waals surface area contributed by atoms with Crippen LogP contribution in [0.15, 0.2) is 209 Å². The first-order valence-electron chi connectivity index (χ1n) is 20.5. The van der Waals surface area contributed by atoms with Gasteiger partial charge in [-0.05, 0) is 41.0 Å². The summed E-state index contributed by atoms with van der Waals surface area (Å²) < 4.78 is 13.2. The molecule has 4 aromatic heterocycles. The maximum Gasteiger partial charge on any atom is 0.180 e. The smallest absolute Gasteiger partial charge is 0.180 e. The topological polar surface area (TPSA) is 90.7 Å². The van der Waals surface area contributed by atoms with Crippen LogP contribution in [0.3, 0.4) is 0 Å². The van der Waals surface area contributed by atoms with Crippen molar-refractivity contribution >= 4 is 44.0 Å². The van der Waals surface area contributed by atoms with Crippen LogP contribution in [0, 0.1) is 0 Å². The third kappa shape index (κ3) is 6.11. The van der Waals surface area contributed by atoms with Crippen molar-refractivity contribution in [3.8, 4) is 79.1 Å². The van der Waals surface area contributed by atoms with Crippen LogP contribution in [-0.4, -0.2) is 24.9 Å². The Morgan fingerprint density at radius 3 is 1.55 bits per heavy atom. The lowest BCUT2D eigenvalue weighted by molar-refractivity contribution is 0.667. The highest BCUT2D eigenvalue weighted by Crippen LogP contribution is 2.42. The molecule has 0 saturated carbocycles. The molecule has 0 fully saturated rings. The first-order valence-corrected chi connectivity index (χ1v) is 20.5. The van der Waals surface area contributed by atoms with Gasteiger partial charge in [-0.1, -0.05) is 176 Å². The average Bonchev–Trinajstić information content (AvgIpc) is 3.93. The summed E-state index contributed by atoms with van der Waals surface area (Å²) in [6.45, 7) is 0. The fraction of sp³-hybridized carbons (Fsp3) is 0. The fourth-order valence-corrected chi connectivity index (χ4v) is 8.38. The van der Waals surface area contributed by atoms with Crippen molar-refractivity contribution in [3.05, 3.63) is 200 Å². The SMILES string of the molecule is c1ccc(-c2cccc(-c3nc(-c4ccc(-c5cccc6c5oc5cccc(-c7nc(-c8ccccc8)nc(-c8ccccc8)n7)c56)cc4)c4oc5ccccc5c4n3)c2)cc1. The van der Waals surface area contributed by atoms with Gasteiger partial charge in [0.25, 0.3) is 0 Å². The average molecular weight is 796 g/mol.